The lowest BCUT2D eigenvalue weighted by Gasteiger charge is -2.08. The van der Waals surface area contributed by atoms with Crippen LogP contribution in [0.5, 0.6) is 5.75 Å². The molecule has 0 radical (unpaired) electrons. The van der Waals surface area contributed by atoms with Crippen LogP contribution in [0.3, 0.4) is 0 Å². The highest BCUT2D eigenvalue weighted by atomic mass is 127. The molecule has 0 aromatic heterocycles. The molecule has 21 heavy (non-hydrogen) atoms. The molecule has 108 valence electrons. The first-order valence-corrected chi connectivity index (χ1v) is 7.17. The molecule has 0 unspecified atom stereocenters. The van der Waals surface area contributed by atoms with E-state index in [1.165, 1.54) is 24.3 Å². The van der Waals surface area contributed by atoms with Gasteiger partial charge in [-0.1, -0.05) is 11.6 Å². The SMILES string of the molecule is O=C(Nc1ccc(Cl)c(C(=O)O)c1)c1ccc(I)c(O)c1. The maximum Gasteiger partial charge on any atom is 0.337 e. The lowest BCUT2D eigenvalue weighted by molar-refractivity contribution is 0.0696. The standard InChI is InChI=1S/C14H9ClINO4/c15-10-3-2-8(6-9(10)14(20)21)17-13(19)7-1-4-11(16)12(18)5-7/h1-6,18H,(H,17,19)(H,20,21). The van der Waals surface area contributed by atoms with Crippen molar-refractivity contribution in [3.8, 4) is 5.75 Å². The molecule has 5 nitrogen and oxygen atoms in total. The number of phenols is 1. The van der Waals surface area contributed by atoms with Crippen LogP contribution < -0.4 is 5.32 Å². The van der Waals surface area contributed by atoms with E-state index in [0.717, 1.165) is 0 Å². The number of aromatic carboxylic acids is 1. The quantitative estimate of drug-likeness (QED) is 0.666. The van der Waals surface area contributed by atoms with Crippen molar-refractivity contribution >= 4 is 51.8 Å². The highest BCUT2D eigenvalue weighted by Gasteiger charge is 2.12. The van der Waals surface area contributed by atoms with Crippen molar-refractivity contribution in [3.05, 3.63) is 56.1 Å². The maximum absolute atomic E-state index is 12.0. The number of anilines is 1. The van der Waals surface area contributed by atoms with Gasteiger partial charge in [0, 0.05) is 11.3 Å². The fraction of sp³-hybridized carbons (Fsp3) is 0. The average Bonchev–Trinajstić information content (AvgIpc) is 2.43. The second-order valence-corrected chi connectivity index (χ2v) is 5.69. The van der Waals surface area contributed by atoms with E-state index < -0.39 is 11.9 Å². The van der Waals surface area contributed by atoms with Gasteiger partial charge in [-0.05, 0) is 59.0 Å². The van der Waals surface area contributed by atoms with Gasteiger partial charge in [0.1, 0.15) is 5.75 Å². The Balaban J connectivity index is 2.25. The molecule has 0 saturated carbocycles. The Morgan fingerprint density at radius 1 is 1.14 bits per heavy atom. The highest BCUT2D eigenvalue weighted by molar-refractivity contribution is 14.1. The van der Waals surface area contributed by atoms with Gasteiger partial charge in [-0.2, -0.15) is 0 Å². The summed E-state index contributed by atoms with van der Waals surface area (Å²) in [5.74, 6) is -1.63. The van der Waals surface area contributed by atoms with Crippen LogP contribution >= 0.6 is 34.2 Å². The van der Waals surface area contributed by atoms with Crippen LogP contribution in [-0.2, 0) is 0 Å². The molecule has 2 aromatic carbocycles. The minimum atomic E-state index is -1.18. The van der Waals surface area contributed by atoms with Crippen LogP contribution in [0.15, 0.2) is 36.4 Å². The Kier molecular flexibility index (Phi) is 4.69. The fourth-order valence-corrected chi connectivity index (χ4v) is 2.16. The van der Waals surface area contributed by atoms with Gasteiger partial charge in [0.05, 0.1) is 14.2 Å². The van der Waals surface area contributed by atoms with Crippen LogP contribution in [0.4, 0.5) is 5.69 Å². The monoisotopic (exact) mass is 417 g/mol. The molecule has 0 fully saturated rings. The number of aromatic hydroxyl groups is 1. The molecule has 0 atom stereocenters. The molecule has 0 bridgehead atoms. The Morgan fingerprint density at radius 2 is 1.86 bits per heavy atom. The van der Waals surface area contributed by atoms with Gasteiger partial charge in [-0.15, -0.1) is 0 Å². The molecule has 0 aliphatic carbocycles. The van der Waals surface area contributed by atoms with E-state index in [1.54, 1.807) is 12.1 Å². The predicted molar refractivity (Wildman–Crippen MR) is 87.2 cm³/mol. The van der Waals surface area contributed by atoms with E-state index >= 15 is 0 Å². The number of phenolic OH excluding ortho intramolecular Hbond substituents is 1. The molecule has 7 heteroatoms. The number of benzene rings is 2. The van der Waals surface area contributed by atoms with Gasteiger partial charge in [0.2, 0.25) is 0 Å². The summed E-state index contributed by atoms with van der Waals surface area (Å²) in [5.41, 5.74) is 0.472. The van der Waals surface area contributed by atoms with Crippen LogP contribution in [0.1, 0.15) is 20.7 Å². The van der Waals surface area contributed by atoms with Crippen molar-refractivity contribution in [1.29, 1.82) is 0 Å². The van der Waals surface area contributed by atoms with E-state index in [9.17, 15) is 14.7 Å². The molecule has 2 rings (SSSR count). The van der Waals surface area contributed by atoms with E-state index in [1.807, 2.05) is 22.6 Å². The average molecular weight is 418 g/mol. The number of nitrogens with one attached hydrogen (secondary N) is 1. The van der Waals surface area contributed by atoms with Crippen molar-refractivity contribution in [3.63, 3.8) is 0 Å². The summed E-state index contributed by atoms with van der Waals surface area (Å²) in [5, 5.41) is 21.2. The summed E-state index contributed by atoms with van der Waals surface area (Å²) in [7, 11) is 0. The van der Waals surface area contributed by atoms with Gasteiger partial charge in [-0.3, -0.25) is 4.79 Å². The fourth-order valence-electron chi connectivity index (χ4n) is 1.62. The number of hydrogen-bond donors (Lipinski definition) is 3. The third-order valence-corrected chi connectivity index (χ3v) is 3.90. The molecule has 0 spiro atoms. The summed E-state index contributed by atoms with van der Waals surface area (Å²) in [4.78, 5) is 23.0. The zero-order chi connectivity index (χ0) is 15.6. The molecular formula is C14H9ClINO4. The molecule has 0 aliphatic heterocycles. The molecule has 0 aliphatic rings. The third-order valence-electron chi connectivity index (χ3n) is 2.66. The second-order valence-electron chi connectivity index (χ2n) is 4.12. The first kappa shape index (κ1) is 15.6. The van der Waals surface area contributed by atoms with E-state index in [2.05, 4.69) is 5.32 Å². The van der Waals surface area contributed by atoms with Gasteiger partial charge < -0.3 is 15.5 Å². The molecule has 1 amide bonds. The number of carboxylic acids is 1. The smallest absolute Gasteiger partial charge is 0.337 e. The van der Waals surface area contributed by atoms with Crippen LogP contribution in [0, 0.1) is 3.57 Å². The normalized spacial score (nSPS) is 10.2. The highest BCUT2D eigenvalue weighted by Crippen LogP contribution is 2.23. The first-order valence-electron chi connectivity index (χ1n) is 5.71. The number of carboxylic acid groups (broad SMARTS) is 1. The zero-order valence-corrected chi connectivity index (χ0v) is 13.3. The zero-order valence-electron chi connectivity index (χ0n) is 10.4. The number of hydrogen-bond acceptors (Lipinski definition) is 3. The minimum absolute atomic E-state index is 0.00517. The molecular weight excluding hydrogens is 409 g/mol. The lowest BCUT2D eigenvalue weighted by Crippen LogP contribution is -2.12. The Hall–Kier alpha value is -1.80. The Bertz CT molecular complexity index is 733. The summed E-state index contributed by atoms with van der Waals surface area (Å²) in [6.07, 6.45) is 0. The maximum atomic E-state index is 12.0. The molecule has 0 heterocycles. The number of rotatable bonds is 3. The minimum Gasteiger partial charge on any atom is -0.507 e. The lowest BCUT2D eigenvalue weighted by atomic mass is 10.1. The first-order chi connectivity index (χ1) is 9.88. The van der Waals surface area contributed by atoms with Gasteiger partial charge >= 0.3 is 5.97 Å². The Labute approximate surface area is 138 Å². The molecule has 2 aromatic rings. The van der Waals surface area contributed by atoms with E-state index in [4.69, 9.17) is 16.7 Å². The molecule has 3 N–H and O–H groups in total. The summed E-state index contributed by atoms with van der Waals surface area (Å²) in [6.45, 7) is 0. The summed E-state index contributed by atoms with van der Waals surface area (Å²) >= 11 is 7.70. The number of amides is 1. The van der Waals surface area contributed by atoms with Crippen molar-refractivity contribution in [2.45, 2.75) is 0 Å². The van der Waals surface area contributed by atoms with Crippen LogP contribution in [0.25, 0.3) is 0 Å². The second kappa shape index (κ2) is 6.31. The topological polar surface area (TPSA) is 86.6 Å². The van der Waals surface area contributed by atoms with Gasteiger partial charge in [0.15, 0.2) is 0 Å². The van der Waals surface area contributed by atoms with Crippen molar-refractivity contribution < 1.29 is 19.8 Å². The number of halogens is 2. The molecule has 0 saturated heterocycles. The number of carbonyl (C=O) groups excluding carboxylic acids is 1. The largest absolute Gasteiger partial charge is 0.507 e. The third kappa shape index (κ3) is 3.64. The van der Waals surface area contributed by atoms with Gasteiger partial charge in [0.25, 0.3) is 5.91 Å². The van der Waals surface area contributed by atoms with Crippen molar-refractivity contribution in [1.82, 2.24) is 0 Å². The van der Waals surface area contributed by atoms with Crippen molar-refractivity contribution in [2.75, 3.05) is 5.32 Å². The summed E-state index contributed by atoms with van der Waals surface area (Å²) in [6, 6.07) is 8.67. The van der Waals surface area contributed by atoms with Gasteiger partial charge in [-0.25, -0.2) is 4.79 Å². The summed E-state index contributed by atoms with van der Waals surface area (Å²) < 4.78 is 0.629. The van der Waals surface area contributed by atoms with E-state index in [-0.39, 0.29) is 21.9 Å². The Morgan fingerprint density at radius 3 is 2.48 bits per heavy atom. The van der Waals surface area contributed by atoms with Crippen molar-refractivity contribution in [2.24, 2.45) is 0 Å². The number of carbonyl (C=O) groups is 2. The van der Waals surface area contributed by atoms with Crippen LogP contribution in [0.2, 0.25) is 5.02 Å². The van der Waals surface area contributed by atoms with Crippen LogP contribution in [-0.4, -0.2) is 22.1 Å². The predicted octanol–water partition coefficient (Wildman–Crippen LogP) is 3.60. The van der Waals surface area contributed by atoms with E-state index in [0.29, 0.717) is 9.26 Å².